The second kappa shape index (κ2) is 7.83. The van der Waals surface area contributed by atoms with E-state index < -0.39 is 0 Å². The second-order valence-electron chi connectivity index (χ2n) is 6.44. The lowest BCUT2D eigenvalue weighted by molar-refractivity contribution is 0.304. The predicted octanol–water partition coefficient (Wildman–Crippen LogP) is 6.17. The minimum Gasteiger partial charge on any atom is -0.0922 e. The first-order valence-corrected chi connectivity index (χ1v) is 9.37. The molecular weight excluding hydrogens is 364 g/mol. The Morgan fingerprint density at radius 2 is 1.47 bits per heavy atom. The van der Waals surface area contributed by atoms with E-state index >= 15 is 0 Å². The summed E-state index contributed by atoms with van der Waals surface area (Å²) >= 11 is 7.45. The Morgan fingerprint density at radius 1 is 0.947 bits per heavy atom. The molecule has 0 aliphatic carbocycles. The van der Waals surface area contributed by atoms with E-state index in [0.717, 1.165) is 23.0 Å². The molecule has 108 valence electrons. The first-order valence-electron chi connectivity index (χ1n) is 7.13. The van der Waals surface area contributed by atoms with Crippen molar-refractivity contribution in [1.82, 2.24) is 0 Å². The van der Waals surface area contributed by atoms with Gasteiger partial charge in [-0.1, -0.05) is 83.8 Å². The van der Waals surface area contributed by atoms with Gasteiger partial charge in [-0.25, -0.2) is 0 Å². The number of halogens is 2. The molecule has 1 aromatic rings. The number of benzene rings is 1. The van der Waals surface area contributed by atoms with E-state index in [0.29, 0.717) is 11.3 Å². The molecule has 1 rings (SSSR count). The highest BCUT2D eigenvalue weighted by molar-refractivity contribution is 9.09. The van der Waals surface area contributed by atoms with Crippen LogP contribution in [-0.4, -0.2) is 10.7 Å². The molecule has 0 heterocycles. The zero-order valence-electron chi connectivity index (χ0n) is 12.5. The molecule has 0 amide bonds. The van der Waals surface area contributed by atoms with E-state index in [2.05, 4.69) is 83.8 Å². The van der Waals surface area contributed by atoms with E-state index in [9.17, 15) is 0 Å². The number of rotatable bonds is 7. The molecule has 0 nitrogen and oxygen atoms in total. The maximum atomic E-state index is 3.73. The van der Waals surface area contributed by atoms with Gasteiger partial charge in [-0.2, -0.15) is 0 Å². The Hall–Kier alpha value is 0.180. The molecule has 0 aliphatic rings. The van der Waals surface area contributed by atoms with Gasteiger partial charge in [0.1, 0.15) is 0 Å². The number of hydrogen-bond acceptors (Lipinski definition) is 0. The predicted molar refractivity (Wildman–Crippen MR) is 93.7 cm³/mol. The summed E-state index contributed by atoms with van der Waals surface area (Å²) in [6.45, 7) is 9.11. The van der Waals surface area contributed by atoms with Crippen molar-refractivity contribution in [2.75, 3.05) is 10.7 Å². The van der Waals surface area contributed by atoms with Crippen LogP contribution >= 0.6 is 31.9 Å². The van der Waals surface area contributed by atoms with Crippen molar-refractivity contribution in [1.29, 1.82) is 0 Å². The van der Waals surface area contributed by atoms with Gasteiger partial charge in [0.25, 0.3) is 0 Å². The zero-order chi connectivity index (χ0) is 14.5. The molecule has 1 aromatic carbocycles. The van der Waals surface area contributed by atoms with Crippen molar-refractivity contribution in [3.8, 4) is 0 Å². The lowest BCUT2D eigenvalue weighted by Crippen LogP contribution is -2.29. The van der Waals surface area contributed by atoms with Crippen LogP contribution in [0.2, 0.25) is 0 Å². The summed E-state index contributed by atoms with van der Waals surface area (Å²) in [5.41, 5.74) is 3.20. The van der Waals surface area contributed by atoms with Crippen molar-refractivity contribution < 1.29 is 0 Å². The average Bonchev–Trinajstić information content (AvgIpc) is 2.38. The van der Waals surface area contributed by atoms with Gasteiger partial charge in [0.2, 0.25) is 0 Å². The fourth-order valence-corrected chi connectivity index (χ4v) is 4.41. The average molecular weight is 390 g/mol. The van der Waals surface area contributed by atoms with E-state index in [-0.39, 0.29) is 0 Å². The van der Waals surface area contributed by atoms with Gasteiger partial charge in [0, 0.05) is 10.7 Å². The minimum atomic E-state index is 0.327. The maximum absolute atomic E-state index is 3.73. The molecule has 0 unspecified atom stereocenters. The van der Waals surface area contributed by atoms with E-state index in [4.69, 9.17) is 0 Å². The standard InChI is InChI=1S/C17H26Br2/c1-13(2)9-17(11-18,12-19)10-15-5-7-16(8-6-15)14(3)4/h5-8,13-14H,9-12H2,1-4H3. The highest BCUT2D eigenvalue weighted by Gasteiger charge is 2.29. The molecule has 0 radical (unpaired) electrons. The topological polar surface area (TPSA) is 0 Å². The highest BCUT2D eigenvalue weighted by atomic mass is 79.9. The van der Waals surface area contributed by atoms with Crippen LogP contribution in [0.15, 0.2) is 24.3 Å². The first-order chi connectivity index (χ1) is 8.92. The highest BCUT2D eigenvalue weighted by Crippen LogP contribution is 2.35. The fraction of sp³-hybridized carbons (Fsp3) is 0.647. The minimum absolute atomic E-state index is 0.327. The molecule has 0 aliphatic heterocycles. The largest absolute Gasteiger partial charge is 0.0922 e. The SMILES string of the molecule is CC(C)CC(CBr)(CBr)Cc1ccc(C(C)C)cc1. The lowest BCUT2D eigenvalue weighted by atomic mass is 9.78. The van der Waals surface area contributed by atoms with Crippen LogP contribution in [-0.2, 0) is 6.42 Å². The first kappa shape index (κ1) is 17.2. The number of alkyl halides is 2. The lowest BCUT2D eigenvalue weighted by Gasteiger charge is -2.32. The van der Waals surface area contributed by atoms with Crippen LogP contribution in [0.1, 0.15) is 51.2 Å². The molecule has 0 aromatic heterocycles. The quantitative estimate of drug-likeness (QED) is 0.488. The summed E-state index contributed by atoms with van der Waals surface area (Å²) in [5.74, 6) is 1.34. The van der Waals surface area contributed by atoms with Crippen LogP contribution < -0.4 is 0 Å². The third-order valence-electron chi connectivity index (χ3n) is 3.63. The second-order valence-corrected chi connectivity index (χ2v) is 7.56. The van der Waals surface area contributed by atoms with Crippen molar-refractivity contribution in [2.24, 2.45) is 11.3 Å². The van der Waals surface area contributed by atoms with Gasteiger partial charge >= 0.3 is 0 Å². The Balaban J connectivity index is 2.84. The van der Waals surface area contributed by atoms with Gasteiger partial charge in [-0.3, -0.25) is 0 Å². The summed E-state index contributed by atoms with van der Waals surface area (Å²) in [6, 6.07) is 9.16. The molecule has 0 bridgehead atoms. The Labute approximate surface area is 135 Å². The third-order valence-corrected chi connectivity index (χ3v) is 6.01. The molecule has 0 spiro atoms. The molecule has 0 saturated carbocycles. The van der Waals surface area contributed by atoms with Crippen LogP contribution in [0.4, 0.5) is 0 Å². The molecular formula is C17H26Br2. The molecule has 0 fully saturated rings. The van der Waals surface area contributed by atoms with Gasteiger partial charge in [-0.15, -0.1) is 0 Å². The Kier molecular flexibility index (Phi) is 7.10. The van der Waals surface area contributed by atoms with Crippen molar-refractivity contribution in [3.05, 3.63) is 35.4 Å². The summed E-state index contributed by atoms with van der Waals surface area (Å²) in [6.07, 6.45) is 2.38. The maximum Gasteiger partial charge on any atom is 0.00992 e. The fourth-order valence-electron chi connectivity index (χ4n) is 2.63. The monoisotopic (exact) mass is 388 g/mol. The van der Waals surface area contributed by atoms with Crippen molar-refractivity contribution in [3.63, 3.8) is 0 Å². The van der Waals surface area contributed by atoms with Crippen molar-refractivity contribution >= 4 is 31.9 Å². The summed E-state index contributed by atoms with van der Waals surface area (Å²) < 4.78 is 0. The van der Waals surface area contributed by atoms with Gasteiger partial charge in [0.05, 0.1) is 0 Å². The third kappa shape index (κ3) is 5.23. The van der Waals surface area contributed by atoms with Crippen LogP contribution in [0.5, 0.6) is 0 Å². The Bertz CT molecular complexity index is 361. The Morgan fingerprint density at radius 3 is 1.84 bits per heavy atom. The van der Waals surface area contributed by atoms with E-state index in [1.54, 1.807) is 0 Å². The van der Waals surface area contributed by atoms with Gasteiger partial charge in [0.15, 0.2) is 0 Å². The zero-order valence-corrected chi connectivity index (χ0v) is 15.7. The number of hydrogen-bond donors (Lipinski definition) is 0. The van der Waals surface area contributed by atoms with Crippen LogP contribution in [0.25, 0.3) is 0 Å². The van der Waals surface area contributed by atoms with Crippen LogP contribution in [0, 0.1) is 11.3 Å². The van der Waals surface area contributed by atoms with Crippen molar-refractivity contribution in [2.45, 2.75) is 46.5 Å². The summed E-state index contributed by atoms with van der Waals surface area (Å²) in [7, 11) is 0. The van der Waals surface area contributed by atoms with Crippen LogP contribution in [0.3, 0.4) is 0 Å². The van der Waals surface area contributed by atoms with E-state index in [1.165, 1.54) is 17.5 Å². The summed E-state index contributed by atoms with van der Waals surface area (Å²) in [4.78, 5) is 0. The molecule has 2 heteroatoms. The molecule has 0 N–H and O–H groups in total. The summed E-state index contributed by atoms with van der Waals surface area (Å²) in [5, 5.41) is 2.10. The van der Waals surface area contributed by atoms with Gasteiger partial charge in [-0.05, 0) is 41.2 Å². The smallest absolute Gasteiger partial charge is 0.00992 e. The normalized spacial score (nSPS) is 12.4. The molecule has 0 atom stereocenters. The molecule has 19 heavy (non-hydrogen) atoms. The molecule has 0 saturated heterocycles. The van der Waals surface area contributed by atoms with E-state index in [1.807, 2.05) is 0 Å². The van der Waals surface area contributed by atoms with Gasteiger partial charge < -0.3 is 0 Å².